The first-order chi connectivity index (χ1) is 4.61. The molecule has 1 aliphatic rings. The molecule has 0 heterocycles. The Bertz CT molecular complexity index is 195. The molecular weight excluding hydrogens is 173 g/mol. The molecule has 0 aliphatic heterocycles. The molecule has 11 heavy (non-hydrogen) atoms. The highest BCUT2D eigenvalue weighted by Crippen LogP contribution is 2.20. The highest BCUT2D eigenvalue weighted by atomic mass is 35.5. The van der Waals surface area contributed by atoms with Crippen molar-refractivity contribution in [3.05, 3.63) is 11.6 Å². The smallest absolute Gasteiger partial charge is 0.331 e. The van der Waals surface area contributed by atoms with Gasteiger partial charge in [-0.25, -0.2) is 9.18 Å². The van der Waals surface area contributed by atoms with Crippen LogP contribution in [0.4, 0.5) is 4.39 Å². The molecule has 0 aromatic carbocycles. The van der Waals surface area contributed by atoms with Gasteiger partial charge in [0.15, 0.2) is 0 Å². The molecule has 1 rings (SSSR count). The fourth-order valence-electron chi connectivity index (χ4n) is 0.910. The van der Waals surface area contributed by atoms with E-state index < -0.39 is 18.2 Å². The molecular formula is C6H9ClFNO2. The molecule has 0 saturated carbocycles. The van der Waals surface area contributed by atoms with Crippen molar-refractivity contribution in [1.82, 2.24) is 0 Å². The predicted octanol–water partition coefficient (Wildman–Crippen LogP) is 0.488. The number of nitrogens with two attached hydrogens (primary N) is 1. The molecule has 5 heteroatoms. The normalized spacial score (nSPS) is 29.1. The van der Waals surface area contributed by atoms with Crippen molar-refractivity contribution < 1.29 is 14.3 Å². The number of aliphatic carboxylic acids is 1. The van der Waals surface area contributed by atoms with Gasteiger partial charge in [0.2, 0.25) is 0 Å². The number of rotatable bonds is 1. The van der Waals surface area contributed by atoms with E-state index in [1.54, 1.807) is 0 Å². The van der Waals surface area contributed by atoms with Crippen molar-refractivity contribution in [3.63, 3.8) is 0 Å². The number of carbonyl (C=O) groups is 1. The van der Waals surface area contributed by atoms with Crippen molar-refractivity contribution >= 4 is 18.4 Å². The largest absolute Gasteiger partial charge is 0.478 e. The van der Waals surface area contributed by atoms with Crippen LogP contribution >= 0.6 is 12.4 Å². The lowest BCUT2D eigenvalue weighted by atomic mass is 10.2. The monoisotopic (exact) mass is 181 g/mol. The lowest BCUT2D eigenvalue weighted by Gasteiger charge is -2.01. The number of carboxylic acid groups (broad SMARTS) is 1. The topological polar surface area (TPSA) is 63.3 Å². The Morgan fingerprint density at radius 1 is 1.82 bits per heavy atom. The number of halogens is 2. The van der Waals surface area contributed by atoms with Crippen LogP contribution in [0.25, 0.3) is 0 Å². The van der Waals surface area contributed by atoms with Gasteiger partial charge in [0, 0.05) is 12.0 Å². The third-order valence-electron chi connectivity index (χ3n) is 1.50. The fourth-order valence-corrected chi connectivity index (χ4v) is 0.910. The van der Waals surface area contributed by atoms with Gasteiger partial charge >= 0.3 is 5.97 Å². The van der Waals surface area contributed by atoms with Gasteiger partial charge in [-0.05, 0) is 0 Å². The van der Waals surface area contributed by atoms with Crippen molar-refractivity contribution in [2.45, 2.75) is 18.6 Å². The van der Waals surface area contributed by atoms with Gasteiger partial charge in [-0.3, -0.25) is 0 Å². The molecule has 64 valence electrons. The molecule has 0 spiro atoms. The molecule has 0 bridgehead atoms. The van der Waals surface area contributed by atoms with Crippen molar-refractivity contribution in [2.75, 3.05) is 0 Å². The number of hydrogen-bond donors (Lipinski definition) is 2. The summed E-state index contributed by atoms with van der Waals surface area (Å²) in [5.74, 6) is -1.07. The van der Waals surface area contributed by atoms with Gasteiger partial charge in [0.1, 0.15) is 6.17 Å². The first-order valence-electron chi connectivity index (χ1n) is 2.95. The molecule has 0 saturated heterocycles. The first kappa shape index (κ1) is 10.4. The second-order valence-corrected chi connectivity index (χ2v) is 2.29. The van der Waals surface area contributed by atoms with E-state index in [9.17, 15) is 9.18 Å². The molecule has 0 amide bonds. The molecule has 3 nitrogen and oxygen atoms in total. The molecule has 0 aromatic heterocycles. The molecule has 2 atom stereocenters. The number of hydrogen-bond acceptors (Lipinski definition) is 2. The second-order valence-electron chi connectivity index (χ2n) is 2.29. The second kappa shape index (κ2) is 3.69. The zero-order valence-corrected chi connectivity index (χ0v) is 6.47. The standard InChI is InChI=1S/C6H8FNO2.ClH/c7-4-1-3(6(9)10)2-5(4)8;/h2,4-5H,1,8H2,(H,9,10);1H/t4-,5-;/m0./s1. The maximum absolute atomic E-state index is 12.5. The van der Waals surface area contributed by atoms with E-state index in [-0.39, 0.29) is 24.4 Å². The maximum atomic E-state index is 12.5. The molecule has 0 aromatic rings. The van der Waals surface area contributed by atoms with Crippen LogP contribution in [0.15, 0.2) is 11.6 Å². The van der Waals surface area contributed by atoms with Crippen molar-refractivity contribution in [3.8, 4) is 0 Å². The summed E-state index contributed by atoms with van der Waals surface area (Å²) in [5.41, 5.74) is 5.28. The highest BCUT2D eigenvalue weighted by molar-refractivity contribution is 5.87. The SMILES string of the molecule is Cl.N[C@H]1C=C(C(=O)O)C[C@@H]1F. The van der Waals surface area contributed by atoms with Gasteiger partial charge in [0.05, 0.1) is 6.04 Å². The molecule has 0 fully saturated rings. The summed E-state index contributed by atoms with van der Waals surface area (Å²) in [5, 5.41) is 8.36. The number of carboxylic acids is 1. The summed E-state index contributed by atoms with van der Waals surface area (Å²) >= 11 is 0. The summed E-state index contributed by atoms with van der Waals surface area (Å²) in [4.78, 5) is 10.2. The quantitative estimate of drug-likeness (QED) is 0.619. The van der Waals surface area contributed by atoms with Crippen LogP contribution in [0.5, 0.6) is 0 Å². The minimum absolute atomic E-state index is 0. The van der Waals surface area contributed by atoms with Crippen LogP contribution < -0.4 is 5.73 Å². The first-order valence-corrected chi connectivity index (χ1v) is 2.95. The van der Waals surface area contributed by atoms with Gasteiger partial charge in [-0.15, -0.1) is 12.4 Å². The van der Waals surface area contributed by atoms with E-state index in [1.165, 1.54) is 6.08 Å². The highest BCUT2D eigenvalue weighted by Gasteiger charge is 2.27. The van der Waals surface area contributed by atoms with Crippen molar-refractivity contribution in [2.24, 2.45) is 5.73 Å². The third-order valence-corrected chi connectivity index (χ3v) is 1.50. The fraction of sp³-hybridized carbons (Fsp3) is 0.500. The summed E-state index contributed by atoms with van der Waals surface area (Å²) < 4.78 is 12.5. The Balaban J connectivity index is 0.000001000. The molecule has 3 N–H and O–H groups in total. The maximum Gasteiger partial charge on any atom is 0.331 e. The Morgan fingerprint density at radius 2 is 2.36 bits per heavy atom. The molecule has 1 aliphatic carbocycles. The Hall–Kier alpha value is -0.610. The van der Waals surface area contributed by atoms with Crippen LogP contribution in [0, 0.1) is 0 Å². The van der Waals surface area contributed by atoms with Crippen LogP contribution in [-0.4, -0.2) is 23.3 Å². The Labute approximate surface area is 69.5 Å². The third kappa shape index (κ3) is 2.17. The van der Waals surface area contributed by atoms with Crippen molar-refractivity contribution in [1.29, 1.82) is 0 Å². The van der Waals surface area contributed by atoms with E-state index in [0.717, 1.165) is 0 Å². The summed E-state index contributed by atoms with van der Waals surface area (Å²) in [6.07, 6.45) is -0.0187. The molecule has 0 unspecified atom stereocenters. The van der Waals surface area contributed by atoms with Crippen LogP contribution in [-0.2, 0) is 4.79 Å². The average molecular weight is 182 g/mol. The van der Waals surface area contributed by atoms with Gasteiger partial charge < -0.3 is 10.8 Å². The van der Waals surface area contributed by atoms with E-state index >= 15 is 0 Å². The summed E-state index contributed by atoms with van der Waals surface area (Å²) in [6, 6.07) is -0.730. The van der Waals surface area contributed by atoms with E-state index in [4.69, 9.17) is 10.8 Å². The number of alkyl halides is 1. The summed E-state index contributed by atoms with van der Waals surface area (Å²) in [7, 11) is 0. The van der Waals surface area contributed by atoms with Crippen LogP contribution in [0.2, 0.25) is 0 Å². The van der Waals surface area contributed by atoms with Gasteiger partial charge in [-0.1, -0.05) is 6.08 Å². The lowest BCUT2D eigenvalue weighted by Crippen LogP contribution is -2.24. The Morgan fingerprint density at radius 3 is 2.55 bits per heavy atom. The predicted molar refractivity (Wildman–Crippen MR) is 40.5 cm³/mol. The zero-order chi connectivity index (χ0) is 7.72. The average Bonchev–Trinajstić information content (AvgIpc) is 2.13. The lowest BCUT2D eigenvalue weighted by molar-refractivity contribution is -0.132. The van der Waals surface area contributed by atoms with E-state index in [0.29, 0.717) is 0 Å². The van der Waals surface area contributed by atoms with E-state index in [2.05, 4.69) is 0 Å². The summed E-state index contributed by atoms with van der Waals surface area (Å²) in [6.45, 7) is 0. The van der Waals surface area contributed by atoms with Crippen LogP contribution in [0.1, 0.15) is 6.42 Å². The minimum Gasteiger partial charge on any atom is -0.478 e. The van der Waals surface area contributed by atoms with Gasteiger partial charge in [0.25, 0.3) is 0 Å². The zero-order valence-electron chi connectivity index (χ0n) is 5.66. The Kier molecular flexibility index (Phi) is 3.48. The molecule has 0 radical (unpaired) electrons. The van der Waals surface area contributed by atoms with Crippen LogP contribution in [0.3, 0.4) is 0 Å². The minimum atomic E-state index is -1.22. The van der Waals surface area contributed by atoms with Gasteiger partial charge in [-0.2, -0.15) is 0 Å². The van der Waals surface area contributed by atoms with E-state index in [1.807, 2.05) is 0 Å².